The smallest absolute Gasteiger partial charge is 0.462 e. The van der Waals surface area contributed by atoms with Crippen molar-refractivity contribution < 1.29 is 47.9 Å². The summed E-state index contributed by atoms with van der Waals surface area (Å²) in [5.41, 5.74) is 0.586. The Kier molecular flexibility index (Phi) is 32.6. The molecule has 2 unspecified atom stereocenters. The fourth-order valence-electron chi connectivity index (χ4n) is 5.37. The van der Waals surface area contributed by atoms with Crippen LogP contribution >= 0.6 is 0 Å². The SMILES string of the molecule is CCCCC(CC)COC(=O)OOC(=O)OCC(CC)CCCC.CCCCCCCCOC(=O)c1ccccc1C(=O)OCCCCCCCC. The molecule has 1 rings (SSSR count). The average molecular weight is 737 g/mol. The van der Waals surface area contributed by atoms with E-state index in [1.807, 2.05) is 13.8 Å². The van der Waals surface area contributed by atoms with Crippen molar-refractivity contribution in [1.82, 2.24) is 0 Å². The van der Waals surface area contributed by atoms with Gasteiger partial charge in [-0.15, -0.1) is 0 Å². The van der Waals surface area contributed by atoms with E-state index in [9.17, 15) is 19.2 Å². The molecule has 2 atom stereocenters. The second-order valence-corrected chi connectivity index (χ2v) is 13.5. The monoisotopic (exact) mass is 737 g/mol. The standard InChI is InChI=1S/C24H38O4.C18H34O6/c1-3-5-7-9-11-15-19-27-23(25)21-17-13-14-18-22(21)24(26)28-20-16-12-10-8-6-4-2;1-5-9-11-15(7-3)13-21-17(19)23-24-18(20)22-14-16(8-4)12-10-6-2/h13-14,17-18H,3-12,15-16,19-20H2,1-2H3;15-16H,5-14H2,1-4H3. The van der Waals surface area contributed by atoms with Crippen LogP contribution in [-0.4, -0.2) is 50.7 Å². The summed E-state index contributed by atoms with van der Waals surface area (Å²) in [4.78, 5) is 56.1. The Morgan fingerprint density at radius 2 is 0.808 bits per heavy atom. The Hall–Kier alpha value is -3.30. The molecule has 0 saturated heterocycles. The van der Waals surface area contributed by atoms with Crippen molar-refractivity contribution in [3.63, 3.8) is 0 Å². The zero-order valence-electron chi connectivity index (χ0n) is 33.5. The molecule has 0 aliphatic heterocycles. The van der Waals surface area contributed by atoms with E-state index in [2.05, 4.69) is 37.5 Å². The van der Waals surface area contributed by atoms with Crippen molar-refractivity contribution in [3.8, 4) is 0 Å². The van der Waals surface area contributed by atoms with Gasteiger partial charge in [0.2, 0.25) is 0 Å². The van der Waals surface area contributed by atoms with E-state index in [1.165, 1.54) is 51.4 Å². The van der Waals surface area contributed by atoms with Gasteiger partial charge >= 0.3 is 24.2 Å². The highest BCUT2D eigenvalue weighted by Crippen LogP contribution is 2.16. The highest BCUT2D eigenvalue weighted by Gasteiger charge is 2.19. The number of hydrogen-bond donors (Lipinski definition) is 0. The summed E-state index contributed by atoms with van der Waals surface area (Å²) in [6.07, 6.45) is 19.8. The van der Waals surface area contributed by atoms with E-state index in [1.54, 1.807) is 24.3 Å². The van der Waals surface area contributed by atoms with Crippen LogP contribution in [-0.2, 0) is 28.7 Å². The number of unbranched alkanes of at least 4 members (excludes halogenated alkanes) is 12. The Bertz CT molecular complexity index is 962. The lowest BCUT2D eigenvalue weighted by Crippen LogP contribution is -2.19. The fourth-order valence-corrected chi connectivity index (χ4v) is 5.37. The number of carbonyl (C=O) groups excluding carboxylic acids is 4. The first-order valence-electron chi connectivity index (χ1n) is 20.4. The molecule has 52 heavy (non-hydrogen) atoms. The van der Waals surface area contributed by atoms with E-state index in [0.29, 0.717) is 36.2 Å². The molecule has 1 aromatic rings. The third kappa shape index (κ3) is 26.5. The van der Waals surface area contributed by atoms with Crippen LogP contribution in [0, 0.1) is 11.8 Å². The molecule has 10 heteroatoms. The van der Waals surface area contributed by atoms with Crippen molar-refractivity contribution in [2.75, 3.05) is 26.4 Å². The van der Waals surface area contributed by atoms with Crippen molar-refractivity contribution in [2.24, 2.45) is 11.8 Å². The normalized spacial score (nSPS) is 11.7. The third-order valence-corrected chi connectivity index (χ3v) is 8.97. The molecule has 10 nitrogen and oxygen atoms in total. The number of esters is 2. The van der Waals surface area contributed by atoms with Gasteiger partial charge < -0.3 is 18.9 Å². The predicted octanol–water partition coefficient (Wildman–Crippen LogP) is 12.4. The molecule has 0 aliphatic rings. The molecular weight excluding hydrogens is 664 g/mol. The summed E-state index contributed by atoms with van der Waals surface area (Å²) in [5, 5.41) is 0. The predicted molar refractivity (Wildman–Crippen MR) is 205 cm³/mol. The summed E-state index contributed by atoms with van der Waals surface area (Å²) in [5.74, 6) is -0.289. The summed E-state index contributed by atoms with van der Waals surface area (Å²) in [6.45, 7) is 14.0. The fraction of sp³-hybridized carbons (Fsp3) is 0.762. The lowest BCUT2D eigenvalue weighted by Gasteiger charge is -2.14. The summed E-state index contributed by atoms with van der Waals surface area (Å²) >= 11 is 0. The van der Waals surface area contributed by atoms with Gasteiger partial charge in [0.15, 0.2) is 0 Å². The molecular formula is C42H72O10. The van der Waals surface area contributed by atoms with Gasteiger partial charge in [0.05, 0.1) is 37.6 Å². The molecule has 0 aromatic heterocycles. The molecule has 0 saturated carbocycles. The third-order valence-electron chi connectivity index (χ3n) is 8.97. The van der Waals surface area contributed by atoms with Crippen LogP contribution in [0.4, 0.5) is 9.59 Å². The quantitative estimate of drug-likeness (QED) is 0.0270. The highest BCUT2D eigenvalue weighted by atomic mass is 17.3. The molecule has 0 aliphatic carbocycles. The number of rotatable bonds is 28. The van der Waals surface area contributed by atoms with E-state index in [-0.39, 0.29) is 13.2 Å². The topological polar surface area (TPSA) is 124 Å². The Morgan fingerprint density at radius 1 is 0.462 bits per heavy atom. The van der Waals surface area contributed by atoms with Crippen molar-refractivity contribution in [1.29, 1.82) is 0 Å². The lowest BCUT2D eigenvalue weighted by atomic mass is 10.0. The minimum Gasteiger partial charge on any atom is -0.462 e. The highest BCUT2D eigenvalue weighted by molar-refractivity contribution is 6.03. The maximum absolute atomic E-state index is 12.4. The maximum atomic E-state index is 12.4. The van der Waals surface area contributed by atoms with Gasteiger partial charge in [-0.2, -0.15) is 19.4 Å². The first kappa shape index (κ1) is 48.7. The second kappa shape index (κ2) is 34.8. The summed E-state index contributed by atoms with van der Waals surface area (Å²) in [6, 6.07) is 6.74. The zero-order valence-corrected chi connectivity index (χ0v) is 33.5. The van der Waals surface area contributed by atoms with Gasteiger partial charge in [-0.05, 0) is 49.7 Å². The van der Waals surface area contributed by atoms with Crippen LogP contribution < -0.4 is 0 Å². The molecule has 0 amide bonds. The van der Waals surface area contributed by atoms with Gasteiger partial charge in [0.25, 0.3) is 0 Å². The van der Waals surface area contributed by atoms with Crippen LogP contribution in [0.1, 0.15) is 191 Å². The number of carbonyl (C=O) groups is 4. The number of hydrogen-bond acceptors (Lipinski definition) is 10. The largest absolute Gasteiger partial charge is 0.550 e. The number of benzene rings is 1. The molecule has 0 spiro atoms. The maximum Gasteiger partial charge on any atom is 0.550 e. The Morgan fingerprint density at radius 3 is 1.15 bits per heavy atom. The van der Waals surface area contributed by atoms with Gasteiger partial charge in [-0.25, -0.2) is 9.59 Å². The molecule has 0 N–H and O–H groups in total. The van der Waals surface area contributed by atoms with Gasteiger partial charge in [0.1, 0.15) is 0 Å². The average Bonchev–Trinajstić information content (AvgIpc) is 3.16. The lowest BCUT2D eigenvalue weighted by molar-refractivity contribution is -0.219. The Labute approximate surface area is 315 Å². The first-order valence-corrected chi connectivity index (χ1v) is 20.4. The van der Waals surface area contributed by atoms with E-state index >= 15 is 0 Å². The molecule has 300 valence electrons. The van der Waals surface area contributed by atoms with Crippen molar-refractivity contribution in [2.45, 2.75) is 170 Å². The minimum atomic E-state index is -1.01. The van der Waals surface area contributed by atoms with Crippen molar-refractivity contribution in [3.05, 3.63) is 35.4 Å². The molecule has 0 heterocycles. The molecule has 1 aromatic carbocycles. The van der Waals surface area contributed by atoms with Crippen LogP contribution in [0.5, 0.6) is 0 Å². The zero-order chi connectivity index (χ0) is 38.7. The van der Waals surface area contributed by atoms with E-state index in [4.69, 9.17) is 18.9 Å². The van der Waals surface area contributed by atoms with Crippen LogP contribution in [0.15, 0.2) is 24.3 Å². The van der Waals surface area contributed by atoms with Crippen molar-refractivity contribution >= 4 is 24.2 Å². The summed E-state index contributed by atoms with van der Waals surface area (Å²) < 4.78 is 20.6. The molecule has 0 radical (unpaired) electrons. The molecule has 0 bridgehead atoms. The molecule has 0 fully saturated rings. The summed E-state index contributed by atoms with van der Waals surface area (Å²) in [7, 11) is 0. The Balaban J connectivity index is 0.00000101. The van der Waals surface area contributed by atoms with E-state index in [0.717, 1.165) is 77.0 Å². The van der Waals surface area contributed by atoms with Gasteiger partial charge in [0, 0.05) is 0 Å². The van der Waals surface area contributed by atoms with Crippen LogP contribution in [0.2, 0.25) is 0 Å². The van der Waals surface area contributed by atoms with Crippen LogP contribution in [0.3, 0.4) is 0 Å². The van der Waals surface area contributed by atoms with Crippen LogP contribution in [0.25, 0.3) is 0 Å². The van der Waals surface area contributed by atoms with E-state index < -0.39 is 24.2 Å². The minimum absolute atomic E-state index is 0.267. The second-order valence-electron chi connectivity index (χ2n) is 13.5. The van der Waals surface area contributed by atoms with Gasteiger partial charge in [-0.3, -0.25) is 0 Å². The first-order chi connectivity index (χ1) is 25.3. The van der Waals surface area contributed by atoms with Gasteiger partial charge in [-0.1, -0.05) is 156 Å². The number of ether oxygens (including phenoxy) is 4.